The molecule has 0 unspecified atom stereocenters. The number of nitrogens with one attached hydrogen (secondary N) is 2. The molecule has 16 nitrogen and oxygen atoms in total. The molecule has 2 N–H and O–H groups in total. The molecule has 1 saturated carbocycles. The minimum Gasteiger partial charge on any atom is -0.368 e. The van der Waals surface area contributed by atoms with E-state index in [4.69, 9.17) is 4.98 Å². The van der Waals surface area contributed by atoms with Crippen molar-refractivity contribution in [1.82, 2.24) is 43.8 Å². The summed E-state index contributed by atoms with van der Waals surface area (Å²) in [6, 6.07) is 10.8. The topological polar surface area (TPSA) is 173 Å². The molecule has 284 valence electrons. The molecule has 4 aliphatic rings. The van der Waals surface area contributed by atoms with Crippen molar-refractivity contribution in [3.05, 3.63) is 70.5 Å². The number of anilines is 3. The molecular formula is C39H43N11O5. The average molecular weight is 746 g/mol. The number of carbonyl (C=O) groups excluding carboxylic acids is 4. The van der Waals surface area contributed by atoms with Crippen molar-refractivity contribution < 1.29 is 19.2 Å². The molecule has 5 aromatic rings. The van der Waals surface area contributed by atoms with Gasteiger partial charge in [-0.1, -0.05) is 25.0 Å². The van der Waals surface area contributed by atoms with Crippen LogP contribution in [0.5, 0.6) is 0 Å². The third-order valence-corrected chi connectivity index (χ3v) is 11.7. The highest BCUT2D eigenvalue weighted by molar-refractivity contribution is 6.01. The van der Waals surface area contributed by atoms with Crippen molar-refractivity contribution in [2.45, 2.75) is 57.0 Å². The molecule has 1 atom stereocenters. The Labute approximate surface area is 316 Å². The van der Waals surface area contributed by atoms with Crippen molar-refractivity contribution in [2.24, 2.45) is 12.5 Å². The molecule has 16 heteroatoms. The fourth-order valence-electron chi connectivity index (χ4n) is 8.97. The van der Waals surface area contributed by atoms with Crippen LogP contribution in [-0.2, 0) is 27.9 Å². The van der Waals surface area contributed by atoms with Crippen LogP contribution in [-0.4, -0.2) is 102 Å². The molecule has 9 rings (SSSR count). The second kappa shape index (κ2) is 13.1. The molecule has 1 spiro atoms. The van der Waals surface area contributed by atoms with Gasteiger partial charge >= 0.3 is 5.69 Å². The van der Waals surface area contributed by atoms with Gasteiger partial charge in [-0.25, -0.2) is 14.8 Å². The molecule has 0 bridgehead atoms. The van der Waals surface area contributed by atoms with Gasteiger partial charge in [-0.15, -0.1) is 0 Å². The van der Waals surface area contributed by atoms with Crippen molar-refractivity contribution in [1.29, 1.82) is 0 Å². The van der Waals surface area contributed by atoms with Gasteiger partial charge in [0.25, 0.3) is 5.91 Å². The number of pyridine rings is 1. The number of para-hydroxylation sites is 1. The van der Waals surface area contributed by atoms with Crippen LogP contribution in [0.2, 0.25) is 0 Å². The summed E-state index contributed by atoms with van der Waals surface area (Å²) >= 11 is 0. The molecule has 3 saturated heterocycles. The Morgan fingerprint density at radius 2 is 1.75 bits per heavy atom. The number of hydrogen-bond donors (Lipinski definition) is 2. The number of carbonyl (C=O) groups is 4. The number of imide groups is 1. The summed E-state index contributed by atoms with van der Waals surface area (Å²) < 4.78 is 5.16. The average Bonchev–Trinajstić information content (AvgIpc) is 3.85. The molecule has 1 aromatic carbocycles. The lowest BCUT2D eigenvalue weighted by Crippen LogP contribution is -2.73. The maximum absolute atomic E-state index is 13.4. The first-order valence-electron chi connectivity index (χ1n) is 18.9. The maximum Gasteiger partial charge on any atom is 0.329 e. The number of imidazole rings is 1. The third-order valence-electron chi connectivity index (χ3n) is 11.7. The Morgan fingerprint density at radius 3 is 2.45 bits per heavy atom. The monoisotopic (exact) mass is 745 g/mol. The number of amides is 4. The number of aromatic nitrogens is 6. The smallest absolute Gasteiger partial charge is 0.329 e. The number of likely N-dealkylation sites (tertiary alicyclic amines) is 1. The van der Waals surface area contributed by atoms with Gasteiger partial charge in [-0.3, -0.25) is 33.6 Å². The van der Waals surface area contributed by atoms with Crippen LogP contribution in [0.1, 0.15) is 66.7 Å². The first-order valence-corrected chi connectivity index (χ1v) is 18.9. The minimum atomic E-state index is -0.736. The van der Waals surface area contributed by atoms with Gasteiger partial charge in [-0.2, -0.15) is 4.98 Å². The van der Waals surface area contributed by atoms with E-state index >= 15 is 0 Å². The zero-order chi connectivity index (χ0) is 38.2. The van der Waals surface area contributed by atoms with Crippen molar-refractivity contribution in [2.75, 3.05) is 50.5 Å². The maximum atomic E-state index is 13.4. The lowest BCUT2D eigenvalue weighted by atomic mass is 9.72. The Hall–Kier alpha value is -6.06. The quantitative estimate of drug-likeness (QED) is 0.225. The van der Waals surface area contributed by atoms with E-state index in [2.05, 4.69) is 30.1 Å². The van der Waals surface area contributed by atoms with E-state index < -0.39 is 11.9 Å². The van der Waals surface area contributed by atoms with E-state index in [0.29, 0.717) is 36.1 Å². The van der Waals surface area contributed by atoms with Crippen LogP contribution in [0.4, 0.5) is 17.5 Å². The summed E-state index contributed by atoms with van der Waals surface area (Å²) in [5.74, 6) is 0.148. The lowest BCUT2D eigenvalue weighted by molar-refractivity contribution is -0.144. The summed E-state index contributed by atoms with van der Waals surface area (Å²) in [6.45, 7) is 2.82. The highest BCUT2D eigenvalue weighted by atomic mass is 16.2. The largest absolute Gasteiger partial charge is 0.368 e. The van der Waals surface area contributed by atoms with Gasteiger partial charge < -0.3 is 24.6 Å². The van der Waals surface area contributed by atoms with Crippen LogP contribution < -0.4 is 21.2 Å². The Morgan fingerprint density at radius 1 is 0.964 bits per heavy atom. The van der Waals surface area contributed by atoms with E-state index in [1.54, 1.807) is 43.0 Å². The fourth-order valence-corrected chi connectivity index (χ4v) is 8.97. The van der Waals surface area contributed by atoms with Crippen molar-refractivity contribution in [3.63, 3.8) is 0 Å². The van der Waals surface area contributed by atoms with E-state index in [0.717, 1.165) is 66.6 Å². The number of aryl methyl sites for hydroxylation is 1. The highest BCUT2D eigenvalue weighted by Gasteiger charge is 2.53. The third kappa shape index (κ3) is 5.90. The lowest BCUT2D eigenvalue weighted by Gasteiger charge is -2.61. The second-order valence-corrected chi connectivity index (χ2v) is 15.8. The standard InChI is InChI=1S/C39H43N11O5/c1-45(2)36(54)29-16-24-18-41-37(44-34(24)49(29)25-7-4-5-8-25)42-30-13-11-23(17-40-30)15-32(52)48-21-39(22-48)19-47(20-39)26-9-6-10-27-33(26)46(3)38(55)50(27)28-12-14-31(51)43-35(28)53/h6,9-11,13,16-18,25,28H,4-5,7-8,12,14-15,19-22H2,1-3H3,(H,43,51,53)(H,40,41,42,44)/t28-/m0/s1. The molecule has 7 heterocycles. The van der Waals surface area contributed by atoms with Gasteiger partial charge in [-0.05, 0) is 49.1 Å². The Bertz CT molecular complexity index is 2440. The summed E-state index contributed by atoms with van der Waals surface area (Å²) in [5, 5.41) is 6.37. The minimum absolute atomic E-state index is 0.00581. The predicted octanol–water partition coefficient (Wildman–Crippen LogP) is 2.91. The van der Waals surface area contributed by atoms with E-state index in [1.807, 2.05) is 41.3 Å². The predicted molar refractivity (Wildman–Crippen MR) is 204 cm³/mol. The van der Waals surface area contributed by atoms with E-state index in [9.17, 15) is 24.0 Å². The van der Waals surface area contributed by atoms with E-state index in [-0.39, 0.29) is 54.1 Å². The Balaban J connectivity index is 0.826. The first kappa shape index (κ1) is 34.7. The molecular weight excluding hydrogens is 703 g/mol. The highest BCUT2D eigenvalue weighted by Crippen LogP contribution is 2.44. The van der Waals surface area contributed by atoms with Crippen molar-refractivity contribution >= 4 is 63.1 Å². The molecule has 1 aliphatic carbocycles. The fraction of sp³-hybridized carbons (Fsp3) is 0.436. The van der Waals surface area contributed by atoms with E-state index in [1.165, 1.54) is 4.57 Å². The summed E-state index contributed by atoms with van der Waals surface area (Å²) in [4.78, 5) is 83.7. The number of rotatable bonds is 8. The van der Waals surface area contributed by atoms with Crippen LogP contribution >= 0.6 is 0 Å². The number of benzene rings is 1. The van der Waals surface area contributed by atoms with Gasteiger partial charge in [0.15, 0.2) is 0 Å². The summed E-state index contributed by atoms with van der Waals surface area (Å²) in [5.41, 5.74) is 4.18. The first-order chi connectivity index (χ1) is 26.5. The summed E-state index contributed by atoms with van der Waals surface area (Å²) in [7, 11) is 5.22. The molecule has 0 radical (unpaired) electrons. The Kier molecular flexibility index (Phi) is 8.24. The molecule has 3 aliphatic heterocycles. The van der Waals surface area contributed by atoms with Gasteiger partial charge in [0, 0.05) is 83.0 Å². The van der Waals surface area contributed by atoms with Crippen LogP contribution in [0, 0.1) is 5.41 Å². The van der Waals surface area contributed by atoms with Crippen LogP contribution in [0.25, 0.3) is 22.1 Å². The second-order valence-electron chi connectivity index (χ2n) is 15.8. The summed E-state index contributed by atoms with van der Waals surface area (Å²) in [6.07, 6.45) is 8.41. The normalized spacial score (nSPS) is 19.5. The number of fused-ring (bicyclic) bond motifs is 2. The van der Waals surface area contributed by atoms with Gasteiger partial charge in [0.1, 0.15) is 23.2 Å². The zero-order valence-electron chi connectivity index (χ0n) is 31.1. The molecule has 55 heavy (non-hydrogen) atoms. The molecule has 4 fully saturated rings. The van der Waals surface area contributed by atoms with Crippen LogP contribution in [0.3, 0.4) is 0 Å². The van der Waals surface area contributed by atoms with Crippen LogP contribution in [0.15, 0.2) is 53.6 Å². The van der Waals surface area contributed by atoms with Gasteiger partial charge in [0.2, 0.25) is 23.7 Å². The number of hydrogen-bond acceptors (Lipinski definition) is 10. The SMILES string of the molecule is CN(C)C(=O)c1cc2cnc(Nc3ccc(CC(=O)N4CC5(C4)CN(c4cccc6c4n(C)c(=O)n6[C@H]4CCC(=O)NC4=O)C5)cn3)nc2n1C1CCCC1. The van der Waals surface area contributed by atoms with Crippen molar-refractivity contribution in [3.8, 4) is 0 Å². The zero-order valence-corrected chi connectivity index (χ0v) is 31.1. The van der Waals surface area contributed by atoms with Gasteiger partial charge in [0.05, 0.1) is 23.1 Å². The number of nitrogens with zero attached hydrogens (tertiary/aromatic N) is 9. The number of piperidine rings is 1. The molecule has 4 aromatic heterocycles. The molecule has 4 amide bonds.